The molecule has 0 amide bonds. The highest BCUT2D eigenvalue weighted by Gasteiger charge is 2.44. The van der Waals surface area contributed by atoms with Crippen molar-refractivity contribution in [2.45, 2.75) is 37.7 Å². The van der Waals surface area contributed by atoms with Crippen molar-refractivity contribution in [1.82, 2.24) is 4.98 Å². The van der Waals surface area contributed by atoms with Gasteiger partial charge in [0.2, 0.25) is 0 Å². The molecule has 3 rings (SSSR count). The molecule has 1 aromatic heterocycles. The number of hydrogen-bond donors (Lipinski definition) is 3. The number of nitrogens with one attached hydrogen (secondary N) is 1. The van der Waals surface area contributed by atoms with E-state index in [1.54, 1.807) is 20.0 Å². The third-order valence-corrected chi connectivity index (χ3v) is 4.02. The van der Waals surface area contributed by atoms with Crippen molar-refractivity contribution in [3.05, 3.63) is 36.0 Å². The molecular formula is C16H20N2O4. The molecule has 0 spiro atoms. The van der Waals surface area contributed by atoms with Crippen molar-refractivity contribution < 1.29 is 19.4 Å². The molecule has 2 aromatic rings. The van der Waals surface area contributed by atoms with Crippen molar-refractivity contribution >= 4 is 16.9 Å². The van der Waals surface area contributed by atoms with E-state index in [4.69, 9.17) is 15.2 Å². The van der Waals surface area contributed by atoms with Crippen LogP contribution in [0.1, 0.15) is 25.5 Å². The Bertz CT molecular complexity index is 690. The summed E-state index contributed by atoms with van der Waals surface area (Å²) < 4.78 is 10.6. The van der Waals surface area contributed by atoms with Gasteiger partial charge < -0.3 is 25.3 Å². The first kappa shape index (κ1) is 15.0. The normalized spacial score (nSPS) is 20.6. The molecule has 6 heteroatoms. The maximum Gasteiger partial charge on any atom is 0.326 e. The van der Waals surface area contributed by atoms with Gasteiger partial charge in [0.15, 0.2) is 0 Å². The Morgan fingerprint density at radius 2 is 2.18 bits per heavy atom. The van der Waals surface area contributed by atoms with Gasteiger partial charge in [-0.3, -0.25) is 4.79 Å². The summed E-state index contributed by atoms with van der Waals surface area (Å²) in [5.41, 5.74) is 6.61. The highest BCUT2D eigenvalue weighted by atomic mass is 16.6. The van der Waals surface area contributed by atoms with E-state index >= 15 is 0 Å². The summed E-state index contributed by atoms with van der Waals surface area (Å²) in [7, 11) is 0. The second-order valence-corrected chi connectivity index (χ2v) is 6.11. The van der Waals surface area contributed by atoms with Crippen molar-refractivity contribution in [1.29, 1.82) is 0 Å². The largest absolute Gasteiger partial charge is 0.456 e. The molecule has 0 saturated carbocycles. The quantitative estimate of drug-likeness (QED) is 0.570. The number of rotatable bonds is 5. The Kier molecular flexibility index (Phi) is 3.68. The van der Waals surface area contributed by atoms with Gasteiger partial charge in [0.25, 0.3) is 0 Å². The average molecular weight is 304 g/mol. The second kappa shape index (κ2) is 5.39. The van der Waals surface area contributed by atoms with E-state index in [2.05, 4.69) is 4.98 Å². The topological polar surface area (TPSA) is 101 Å². The number of aromatic nitrogens is 1. The lowest BCUT2D eigenvalue weighted by Gasteiger charge is -2.26. The van der Waals surface area contributed by atoms with Crippen LogP contribution in [0.15, 0.2) is 30.5 Å². The molecule has 118 valence electrons. The van der Waals surface area contributed by atoms with E-state index in [0.29, 0.717) is 12.2 Å². The molecule has 22 heavy (non-hydrogen) atoms. The number of aromatic amines is 1. The smallest absolute Gasteiger partial charge is 0.326 e. The lowest BCUT2D eigenvalue weighted by atomic mass is 10.0. The number of carbonyl (C=O) groups is 1. The van der Waals surface area contributed by atoms with E-state index in [-0.39, 0.29) is 6.10 Å². The van der Waals surface area contributed by atoms with Crippen LogP contribution in [0.4, 0.5) is 0 Å². The van der Waals surface area contributed by atoms with Crippen LogP contribution in [-0.4, -0.2) is 40.4 Å². The van der Waals surface area contributed by atoms with Crippen molar-refractivity contribution in [2.75, 3.05) is 6.61 Å². The van der Waals surface area contributed by atoms with Gasteiger partial charge in [-0.1, -0.05) is 18.2 Å². The number of nitrogens with two attached hydrogens (primary N) is 1. The third kappa shape index (κ3) is 2.72. The fourth-order valence-corrected chi connectivity index (χ4v) is 2.50. The fraction of sp³-hybridized carbons (Fsp3) is 0.438. The number of fused-ring (bicyclic) bond motifs is 1. The number of aliphatic hydroxyl groups is 1. The molecule has 0 radical (unpaired) electrons. The van der Waals surface area contributed by atoms with Crippen LogP contribution >= 0.6 is 0 Å². The van der Waals surface area contributed by atoms with Gasteiger partial charge in [-0.05, 0) is 19.9 Å². The lowest BCUT2D eigenvalue weighted by Crippen LogP contribution is -2.44. The molecule has 4 N–H and O–H groups in total. The molecule has 3 atom stereocenters. The summed E-state index contributed by atoms with van der Waals surface area (Å²) in [5.74, 6) is -0.640. The zero-order chi connectivity index (χ0) is 15.9. The molecule has 0 bridgehead atoms. The average Bonchev–Trinajstić information content (AvgIpc) is 3.26. The van der Waals surface area contributed by atoms with Crippen molar-refractivity contribution in [2.24, 2.45) is 5.73 Å². The number of carbonyl (C=O) groups excluding carboxylic acids is 1. The van der Waals surface area contributed by atoms with E-state index in [0.717, 1.165) is 10.9 Å². The molecule has 1 aromatic carbocycles. The maximum absolute atomic E-state index is 12.2. The van der Waals surface area contributed by atoms with Gasteiger partial charge in [-0.15, -0.1) is 0 Å². The van der Waals surface area contributed by atoms with Gasteiger partial charge in [-0.2, -0.15) is 0 Å². The van der Waals surface area contributed by atoms with Gasteiger partial charge >= 0.3 is 5.97 Å². The van der Waals surface area contributed by atoms with Gasteiger partial charge in [0, 0.05) is 22.7 Å². The second-order valence-electron chi connectivity index (χ2n) is 6.11. The van der Waals surface area contributed by atoms with Gasteiger partial charge in [0.05, 0.1) is 6.61 Å². The molecule has 2 unspecified atom stereocenters. The predicted octanol–water partition coefficient (Wildman–Crippen LogP) is 1.25. The van der Waals surface area contributed by atoms with Crippen LogP contribution in [0.2, 0.25) is 0 Å². The van der Waals surface area contributed by atoms with E-state index in [1.807, 2.05) is 24.3 Å². The predicted molar refractivity (Wildman–Crippen MR) is 81.1 cm³/mol. The minimum atomic E-state index is -1.16. The molecule has 1 fully saturated rings. The number of esters is 1. The maximum atomic E-state index is 12.2. The molecule has 1 aliphatic rings. The Morgan fingerprint density at radius 1 is 1.50 bits per heavy atom. The van der Waals surface area contributed by atoms with Crippen LogP contribution in [0.3, 0.4) is 0 Å². The highest BCUT2D eigenvalue weighted by molar-refractivity contribution is 5.85. The molecule has 0 aliphatic carbocycles. The first-order valence-corrected chi connectivity index (χ1v) is 7.24. The van der Waals surface area contributed by atoms with E-state index in [9.17, 15) is 9.90 Å². The van der Waals surface area contributed by atoms with Crippen LogP contribution in [0.25, 0.3) is 10.9 Å². The fourth-order valence-electron chi connectivity index (χ4n) is 2.50. The monoisotopic (exact) mass is 304 g/mol. The number of epoxide rings is 1. The van der Waals surface area contributed by atoms with Crippen molar-refractivity contribution in [3.8, 4) is 0 Å². The SMILES string of the molecule is CC(C)(OC(=O)[C@@H](N)C(O)c1c[nH]c2ccccc12)C1CO1. The summed E-state index contributed by atoms with van der Waals surface area (Å²) >= 11 is 0. The van der Waals surface area contributed by atoms with Crippen LogP contribution in [0, 0.1) is 0 Å². The Labute approximate surface area is 128 Å². The van der Waals surface area contributed by atoms with Crippen LogP contribution in [-0.2, 0) is 14.3 Å². The Balaban J connectivity index is 1.76. The van der Waals surface area contributed by atoms with Gasteiger partial charge in [-0.25, -0.2) is 0 Å². The number of ether oxygens (including phenoxy) is 2. The Hall–Kier alpha value is -1.89. The molecular weight excluding hydrogens is 284 g/mol. The Morgan fingerprint density at radius 3 is 2.86 bits per heavy atom. The van der Waals surface area contributed by atoms with Crippen molar-refractivity contribution in [3.63, 3.8) is 0 Å². The molecule has 1 saturated heterocycles. The summed E-state index contributed by atoms with van der Waals surface area (Å²) in [4.78, 5) is 15.2. The number of aliphatic hydroxyl groups excluding tert-OH is 1. The number of H-pyrrole nitrogens is 1. The molecule has 1 aliphatic heterocycles. The third-order valence-electron chi connectivity index (χ3n) is 4.02. The zero-order valence-electron chi connectivity index (χ0n) is 12.6. The van der Waals surface area contributed by atoms with E-state index < -0.39 is 23.7 Å². The number of benzene rings is 1. The van der Waals surface area contributed by atoms with Crippen LogP contribution < -0.4 is 5.73 Å². The summed E-state index contributed by atoms with van der Waals surface area (Å²) in [6.45, 7) is 4.11. The molecule has 2 heterocycles. The highest BCUT2D eigenvalue weighted by Crippen LogP contribution is 2.30. The first-order chi connectivity index (χ1) is 10.4. The van der Waals surface area contributed by atoms with Crippen LogP contribution in [0.5, 0.6) is 0 Å². The summed E-state index contributed by atoms with van der Waals surface area (Å²) in [6.07, 6.45) is 0.422. The molecule has 6 nitrogen and oxygen atoms in total. The standard InChI is InChI=1S/C16H20N2O4/c1-16(2,12-8-21-12)22-15(20)13(17)14(19)10-7-18-11-6-4-3-5-9(10)11/h3-7,12-14,18-19H,8,17H2,1-2H3/t12?,13-,14?/m0/s1. The zero-order valence-corrected chi connectivity index (χ0v) is 12.6. The first-order valence-electron chi connectivity index (χ1n) is 7.24. The minimum Gasteiger partial charge on any atom is -0.456 e. The number of para-hydroxylation sites is 1. The van der Waals surface area contributed by atoms with Gasteiger partial charge in [0.1, 0.15) is 23.9 Å². The minimum absolute atomic E-state index is 0.103. The van der Waals surface area contributed by atoms with E-state index in [1.165, 1.54) is 0 Å². The summed E-state index contributed by atoms with van der Waals surface area (Å²) in [5, 5.41) is 11.3. The lowest BCUT2D eigenvalue weighted by molar-refractivity contribution is -0.162. The summed E-state index contributed by atoms with van der Waals surface area (Å²) in [6, 6.07) is 6.36. The number of hydrogen-bond acceptors (Lipinski definition) is 5.